The van der Waals surface area contributed by atoms with Crippen LogP contribution in [-0.4, -0.2) is 15.6 Å². The van der Waals surface area contributed by atoms with Crippen LogP contribution in [0.4, 0.5) is 0 Å². The van der Waals surface area contributed by atoms with Crippen LogP contribution in [0.1, 0.15) is 27.9 Å². The van der Waals surface area contributed by atoms with Crippen LogP contribution in [0.5, 0.6) is 5.75 Å². The maximum Gasteiger partial charge on any atom is 0.133 e. The van der Waals surface area contributed by atoms with E-state index in [9.17, 15) is 0 Å². The van der Waals surface area contributed by atoms with E-state index in [-0.39, 0.29) is 5.84 Å². The third-order valence-corrected chi connectivity index (χ3v) is 3.87. The first-order valence-corrected chi connectivity index (χ1v) is 6.95. The molecule has 0 atom stereocenters. The zero-order valence-electron chi connectivity index (χ0n) is 12.6. The molecule has 0 aliphatic carbocycles. The summed E-state index contributed by atoms with van der Waals surface area (Å²) >= 11 is 6.20. The second-order valence-corrected chi connectivity index (χ2v) is 5.48. The van der Waals surface area contributed by atoms with Crippen molar-refractivity contribution >= 4 is 17.4 Å². The maximum absolute atomic E-state index is 7.50. The second-order valence-electron chi connectivity index (χ2n) is 5.12. The van der Waals surface area contributed by atoms with Crippen LogP contribution >= 0.6 is 11.6 Å². The lowest BCUT2D eigenvalue weighted by Crippen LogP contribution is -2.12. The molecule has 0 aliphatic rings. The normalized spacial score (nSPS) is 10.7. The van der Waals surface area contributed by atoms with Crippen molar-refractivity contribution in [1.82, 2.24) is 9.78 Å². The van der Waals surface area contributed by atoms with Gasteiger partial charge in [-0.15, -0.1) is 0 Å². The van der Waals surface area contributed by atoms with Crippen LogP contribution in [-0.2, 0) is 13.7 Å². The number of aromatic nitrogens is 2. The van der Waals surface area contributed by atoms with Gasteiger partial charge in [-0.1, -0.05) is 11.6 Å². The average molecular weight is 307 g/mol. The molecule has 6 heteroatoms. The van der Waals surface area contributed by atoms with Gasteiger partial charge in [0.2, 0.25) is 0 Å². The minimum Gasteiger partial charge on any atom is -0.488 e. The Balaban J connectivity index is 2.26. The monoisotopic (exact) mass is 306 g/mol. The summed E-state index contributed by atoms with van der Waals surface area (Å²) in [4.78, 5) is 0. The fourth-order valence-electron chi connectivity index (χ4n) is 2.32. The van der Waals surface area contributed by atoms with E-state index in [0.29, 0.717) is 17.3 Å². The molecule has 1 heterocycles. The number of halogens is 1. The number of amidine groups is 1. The molecule has 0 unspecified atom stereocenters. The highest BCUT2D eigenvalue weighted by Gasteiger charge is 2.14. The van der Waals surface area contributed by atoms with Gasteiger partial charge < -0.3 is 10.5 Å². The number of aryl methyl sites for hydroxylation is 4. The molecule has 1 aromatic carbocycles. The first-order chi connectivity index (χ1) is 9.81. The molecule has 0 saturated carbocycles. The van der Waals surface area contributed by atoms with Crippen molar-refractivity contribution < 1.29 is 4.74 Å². The molecule has 21 heavy (non-hydrogen) atoms. The lowest BCUT2D eigenvalue weighted by Gasteiger charge is -2.14. The first-order valence-electron chi connectivity index (χ1n) is 6.57. The van der Waals surface area contributed by atoms with Gasteiger partial charge in [0.15, 0.2) is 0 Å². The minimum absolute atomic E-state index is 0.0545. The molecule has 0 amide bonds. The summed E-state index contributed by atoms with van der Waals surface area (Å²) in [7, 11) is 1.80. The molecule has 0 radical (unpaired) electrons. The summed E-state index contributed by atoms with van der Waals surface area (Å²) in [6, 6.07) is 3.70. The van der Waals surface area contributed by atoms with Gasteiger partial charge in [-0.25, -0.2) is 0 Å². The van der Waals surface area contributed by atoms with E-state index in [4.69, 9.17) is 27.5 Å². The number of nitrogen functional groups attached to an aromatic ring is 1. The van der Waals surface area contributed by atoms with E-state index in [0.717, 1.165) is 28.1 Å². The van der Waals surface area contributed by atoms with Crippen LogP contribution in [0, 0.1) is 26.2 Å². The van der Waals surface area contributed by atoms with Gasteiger partial charge in [-0.3, -0.25) is 10.1 Å². The first kappa shape index (κ1) is 15.4. The fraction of sp³-hybridized carbons (Fsp3) is 0.333. The Morgan fingerprint density at radius 3 is 2.33 bits per heavy atom. The van der Waals surface area contributed by atoms with E-state index in [2.05, 4.69) is 5.10 Å². The molecule has 0 aliphatic heterocycles. The van der Waals surface area contributed by atoms with Crippen LogP contribution in [0.25, 0.3) is 0 Å². The van der Waals surface area contributed by atoms with Crippen LogP contribution in [0.3, 0.4) is 0 Å². The molecule has 2 aromatic rings. The average Bonchev–Trinajstić information content (AvgIpc) is 2.63. The number of hydrogen-bond donors (Lipinski definition) is 2. The summed E-state index contributed by atoms with van der Waals surface area (Å²) in [5, 5.41) is 12.4. The highest BCUT2D eigenvalue weighted by Crippen LogP contribution is 2.27. The molecule has 2 rings (SSSR count). The van der Waals surface area contributed by atoms with Crippen molar-refractivity contribution in [3.05, 3.63) is 45.2 Å². The number of nitrogens with zero attached hydrogens (tertiary/aromatic N) is 2. The number of benzene rings is 1. The van der Waals surface area contributed by atoms with E-state index in [1.54, 1.807) is 11.7 Å². The number of nitrogens with two attached hydrogens (primary N) is 1. The Labute approximate surface area is 129 Å². The van der Waals surface area contributed by atoms with Crippen LogP contribution in [0.15, 0.2) is 12.1 Å². The Morgan fingerprint density at radius 1 is 1.33 bits per heavy atom. The standard InChI is InChI=1S/C15H19ClN4O/c1-8-5-11(15(17)18)6-9(2)13(8)21-7-12-10(3)19-20(4)14(12)16/h5-6H,7H2,1-4H3,(H3,17,18). The summed E-state index contributed by atoms with van der Waals surface area (Å²) in [6.45, 7) is 6.14. The molecule has 0 fully saturated rings. The van der Waals surface area contributed by atoms with Crippen LogP contribution < -0.4 is 10.5 Å². The summed E-state index contributed by atoms with van der Waals surface area (Å²) in [5.41, 5.74) is 9.85. The molecular weight excluding hydrogens is 288 g/mol. The molecule has 0 spiro atoms. The fourth-order valence-corrected chi connectivity index (χ4v) is 2.54. The van der Waals surface area contributed by atoms with Gasteiger partial charge in [0.25, 0.3) is 0 Å². The number of nitrogens with one attached hydrogen (secondary N) is 1. The van der Waals surface area contributed by atoms with E-state index in [1.807, 2.05) is 32.9 Å². The van der Waals surface area contributed by atoms with E-state index < -0.39 is 0 Å². The largest absolute Gasteiger partial charge is 0.488 e. The van der Waals surface area contributed by atoms with Gasteiger partial charge in [0.1, 0.15) is 23.3 Å². The lowest BCUT2D eigenvalue weighted by molar-refractivity contribution is 0.301. The minimum atomic E-state index is 0.0545. The smallest absolute Gasteiger partial charge is 0.133 e. The van der Waals surface area contributed by atoms with E-state index in [1.165, 1.54) is 0 Å². The molecule has 3 N–H and O–H groups in total. The molecule has 5 nitrogen and oxygen atoms in total. The van der Waals surface area contributed by atoms with Crippen molar-refractivity contribution in [3.63, 3.8) is 0 Å². The Kier molecular flexibility index (Phi) is 4.23. The predicted octanol–water partition coefficient (Wildman–Crippen LogP) is 2.86. The lowest BCUT2D eigenvalue weighted by atomic mass is 10.1. The molecule has 0 saturated heterocycles. The molecule has 1 aromatic heterocycles. The second kappa shape index (κ2) is 5.77. The van der Waals surface area contributed by atoms with Gasteiger partial charge >= 0.3 is 0 Å². The van der Waals surface area contributed by atoms with Gasteiger partial charge in [0, 0.05) is 18.2 Å². The van der Waals surface area contributed by atoms with Crippen molar-refractivity contribution in [3.8, 4) is 5.75 Å². The van der Waals surface area contributed by atoms with Crippen LogP contribution in [0.2, 0.25) is 5.15 Å². The third kappa shape index (κ3) is 3.03. The highest BCUT2D eigenvalue weighted by atomic mass is 35.5. The topological polar surface area (TPSA) is 76.9 Å². The van der Waals surface area contributed by atoms with Crippen molar-refractivity contribution in [1.29, 1.82) is 5.41 Å². The third-order valence-electron chi connectivity index (χ3n) is 3.40. The van der Waals surface area contributed by atoms with Crippen molar-refractivity contribution in [2.24, 2.45) is 12.8 Å². The molecular formula is C15H19ClN4O. The molecule has 0 bridgehead atoms. The van der Waals surface area contributed by atoms with Gasteiger partial charge in [0.05, 0.1) is 5.69 Å². The summed E-state index contributed by atoms with van der Waals surface area (Å²) in [5.74, 6) is 0.846. The van der Waals surface area contributed by atoms with Crippen molar-refractivity contribution in [2.45, 2.75) is 27.4 Å². The van der Waals surface area contributed by atoms with E-state index >= 15 is 0 Å². The van der Waals surface area contributed by atoms with Gasteiger partial charge in [-0.05, 0) is 44.0 Å². The number of ether oxygens (including phenoxy) is 1. The zero-order chi connectivity index (χ0) is 15.7. The molecule has 112 valence electrons. The number of rotatable bonds is 4. The zero-order valence-corrected chi connectivity index (χ0v) is 13.4. The Bertz CT molecular complexity index is 683. The summed E-state index contributed by atoms with van der Waals surface area (Å²) in [6.07, 6.45) is 0. The maximum atomic E-state index is 7.50. The highest BCUT2D eigenvalue weighted by molar-refractivity contribution is 6.30. The SMILES string of the molecule is Cc1cc(C(=N)N)cc(C)c1OCc1c(C)nn(C)c1Cl. The quantitative estimate of drug-likeness (QED) is 0.673. The Morgan fingerprint density at radius 2 is 1.90 bits per heavy atom. The van der Waals surface area contributed by atoms with Gasteiger partial charge in [-0.2, -0.15) is 5.10 Å². The Hall–Kier alpha value is -2.01. The number of hydrogen-bond acceptors (Lipinski definition) is 3. The predicted molar refractivity (Wildman–Crippen MR) is 84.2 cm³/mol. The summed E-state index contributed by atoms with van der Waals surface area (Å²) < 4.78 is 7.55. The van der Waals surface area contributed by atoms with Crippen molar-refractivity contribution in [2.75, 3.05) is 0 Å².